The van der Waals surface area contributed by atoms with E-state index in [-0.39, 0.29) is 35.2 Å². The molecule has 8 rings (SSSR count). The van der Waals surface area contributed by atoms with Crippen LogP contribution >= 0.6 is 0 Å². The quantitative estimate of drug-likeness (QED) is 0.224. The summed E-state index contributed by atoms with van der Waals surface area (Å²) < 4.78 is 31.5. The largest absolute Gasteiger partial charge is 0.348 e. The lowest BCUT2D eigenvalue weighted by Gasteiger charge is -2.44. The third-order valence-corrected chi connectivity index (χ3v) is 9.68. The summed E-state index contributed by atoms with van der Waals surface area (Å²) in [5.74, 6) is -4.27. The Balaban J connectivity index is 1.10. The second-order valence-corrected chi connectivity index (χ2v) is 12.7. The number of alkyl halides is 2. The Hall–Kier alpha value is -5.15. The second-order valence-electron chi connectivity index (χ2n) is 12.7. The van der Waals surface area contributed by atoms with Crippen LogP contribution in [0.5, 0.6) is 0 Å². The number of carbonyl (C=O) groups is 3. The number of hydrogen-bond donors (Lipinski definition) is 2. The lowest BCUT2D eigenvalue weighted by molar-refractivity contribution is -0.118. The minimum absolute atomic E-state index is 0.0593. The summed E-state index contributed by atoms with van der Waals surface area (Å²) in [7, 11) is 0. The number of nitrogens with one attached hydrogen (secondary N) is 2. The molecule has 2 N–H and O–H groups in total. The Bertz CT molecular complexity index is 1870. The minimum atomic E-state index is -3.33. The van der Waals surface area contributed by atoms with E-state index in [1.807, 2.05) is 42.5 Å². The molecule has 0 saturated carbocycles. The summed E-state index contributed by atoms with van der Waals surface area (Å²) in [4.78, 5) is 43.9. The maximum absolute atomic E-state index is 15.8. The molecule has 4 heterocycles. The first-order valence-electron chi connectivity index (χ1n) is 16.4. The van der Waals surface area contributed by atoms with E-state index in [9.17, 15) is 14.4 Å². The van der Waals surface area contributed by atoms with Gasteiger partial charge in [-0.25, -0.2) is 8.78 Å². The number of benzene rings is 4. The van der Waals surface area contributed by atoms with Crippen molar-refractivity contribution in [3.05, 3.63) is 126 Å². The zero-order chi connectivity index (χ0) is 33.3. The third-order valence-electron chi connectivity index (χ3n) is 9.68. The van der Waals surface area contributed by atoms with Gasteiger partial charge in [0, 0.05) is 59.6 Å². The fraction of sp³-hybridized carbons (Fsp3) is 0.256. The maximum atomic E-state index is 15.8. The zero-order valence-electron chi connectivity index (χ0n) is 26.4. The molecule has 3 saturated heterocycles. The molecular weight excluding hydrogens is 610 g/mol. The molecule has 3 fully saturated rings. The normalized spacial score (nSPS) is 22.0. The summed E-state index contributed by atoms with van der Waals surface area (Å²) >= 11 is 0. The van der Waals surface area contributed by atoms with Gasteiger partial charge in [-0.3, -0.25) is 14.4 Å². The van der Waals surface area contributed by atoms with Crippen molar-refractivity contribution < 1.29 is 23.2 Å². The van der Waals surface area contributed by atoms with E-state index in [1.54, 1.807) is 54.6 Å². The van der Waals surface area contributed by atoms with E-state index in [1.165, 1.54) is 11.0 Å². The van der Waals surface area contributed by atoms with E-state index < -0.39 is 24.2 Å². The van der Waals surface area contributed by atoms with Crippen LogP contribution in [0.1, 0.15) is 45.5 Å². The number of halogens is 2. The van der Waals surface area contributed by atoms with Crippen molar-refractivity contribution in [3.63, 3.8) is 0 Å². The monoisotopic (exact) mass is 646 g/mol. The van der Waals surface area contributed by atoms with Gasteiger partial charge >= 0.3 is 0 Å². The van der Waals surface area contributed by atoms with Gasteiger partial charge in [-0.15, -0.1) is 0 Å². The van der Waals surface area contributed by atoms with Crippen LogP contribution in [0.3, 0.4) is 0 Å². The summed E-state index contributed by atoms with van der Waals surface area (Å²) in [6.07, 6.45) is 2.37. The Labute approximate surface area is 278 Å². The average molecular weight is 647 g/mol. The fourth-order valence-corrected chi connectivity index (χ4v) is 7.12. The Morgan fingerprint density at radius 3 is 2.15 bits per heavy atom. The molecule has 1 unspecified atom stereocenters. The van der Waals surface area contributed by atoms with Crippen LogP contribution < -0.4 is 15.5 Å². The minimum Gasteiger partial charge on any atom is -0.348 e. The lowest BCUT2D eigenvalue weighted by atomic mass is 9.84. The number of allylic oxidation sites excluding steroid dienone is 1. The molecule has 2 bridgehead atoms. The lowest BCUT2D eigenvalue weighted by Crippen LogP contribution is -2.57. The predicted molar refractivity (Wildman–Crippen MR) is 183 cm³/mol. The van der Waals surface area contributed by atoms with E-state index in [0.29, 0.717) is 22.9 Å². The highest BCUT2D eigenvalue weighted by atomic mass is 19.3. The number of anilines is 2. The topological polar surface area (TPSA) is 81.8 Å². The smallest absolute Gasteiger partial charge is 0.275 e. The van der Waals surface area contributed by atoms with Gasteiger partial charge in [0.05, 0.1) is 5.69 Å². The van der Waals surface area contributed by atoms with Crippen LogP contribution in [-0.2, 0) is 4.79 Å². The van der Waals surface area contributed by atoms with Crippen molar-refractivity contribution in [3.8, 4) is 11.1 Å². The molecule has 0 aliphatic carbocycles. The molecule has 0 aromatic heterocycles. The highest BCUT2D eigenvalue weighted by Crippen LogP contribution is 2.43. The summed E-state index contributed by atoms with van der Waals surface area (Å²) in [5.41, 5.74) is 3.07. The number of piperidine rings is 3. The molecule has 1 atom stereocenters. The van der Waals surface area contributed by atoms with E-state index in [4.69, 9.17) is 0 Å². The Kier molecular flexibility index (Phi) is 8.62. The first-order chi connectivity index (χ1) is 23.3. The van der Waals surface area contributed by atoms with E-state index in [2.05, 4.69) is 15.5 Å². The molecular formula is C39H36F2N4O3. The fourth-order valence-electron chi connectivity index (χ4n) is 7.12. The molecule has 4 aliphatic rings. The first-order valence-corrected chi connectivity index (χ1v) is 16.4. The maximum Gasteiger partial charge on any atom is 0.275 e. The van der Waals surface area contributed by atoms with Crippen molar-refractivity contribution in [1.82, 2.24) is 10.2 Å². The van der Waals surface area contributed by atoms with Crippen molar-refractivity contribution in [2.45, 2.75) is 31.2 Å². The van der Waals surface area contributed by atoms with Crippen molar-refractivity contribution in [1.29, 1.82) is 0 Å². The van der Waals surface area contributed by atoms with Crippen molar-refractivity contribution in [2.75, 3.05) is 36.4 Å². The van der Waals surface area contributed by atoms with Gasteiger partial charge in [0.25, 0.3) is 17.7 Å². The molecule has 7 nitrogen and oxygen atoms in total. The van der Waals surface area contributed by atoms with Crippen LogP contribution in [0.15, 0.2) is 109 Å². The zero-order valence-corrected chi connectivity index (χ0v) is 26.4. The number of amides is 3. The number of rotatable bonds is 6. The number of nitrogens with zero attached hydrogens (tertiary/aromatic N) is 2. The summed E-state index contributed by atoms with van der Waals surface area (Å²) in [6.45, 7) is 2.51. The van der Waals surface area contributed by atoms with Crippen LogP contribution in [0.25, 0.3) is 16.7 Å². The molecule has 3 amide bonds. The number of carbonyl (C=O) groups excluding carboxylic acids is 3. The predicted octanol–water partition coefficient (Wildman–Crippen LogP) is 6.89. The number of fused-ring (bicyclic) bond motifs is 4. The molecule has 4 aliphatic heterocycles. The van der Waals surface area contributed by atoms with Crippen molar-refractivity contribution >= 4 is 34.7 Å². The van der Waals surface area contributed by atoms with Gasteiger partial charge in [-0.05, 0) is 79.4 Å². The van der Waals surface area contributed by atoms with Gasteiger partial charge in [-0.2, -0.15) is 0 Å². The number of hydrogen-bond acceptors (Lipinski definition) is 4. The molecule has 0 radical (unpaired) electrons. The molecule has 4 aromatic carbocycles. The van der Waals surface area contributed by atoms with Gasteiger partial charge < -0.3 is 20.4 Å². The number of para-hydroxylation sites is 1. The average Bonchev–Trinajstić information content (AvgIpc) is 3.22. The third kappa shape index (κ3) is 6.38. The van der Waals surface area contributed by atoms with Crippen molar-refractivity contribution in [2.24, 2.45) is 5.92 Å². The van der Waals surface area contributed by atoms with Crippen LogP contribution in [0.2, 0.25) is 0 Å². The van der Waals surface area contributed by atoms with Crippen LogP contribution in [0.4, 0.5) is 20.2 Å². The highest BCUT2D eigenvalue weighted by Gasteiger charge is 2.42. The van der Waals surface area contributed by atoms with Gasteiger partial charge in [0.1, 0.15) is 0 Å². The van der Waals surface area contributed by atoms with Gasteiger partial charge in [-0.1, -0.05) is 66.7 Å². The van der Waals surface area contributed by atoms with Crippen LogP contribution in [0, 0.1) is 5.92 Å². The summed E-state index contributed by atoms with van der Waals surface area (Å²) in [6, 6.07) is 29.8. The Morgan fingerprint density at radius 2 is 1.44 bits per heavy atom. The van der Waals surface area contributed by atoms with Crippen LogP contribution in [-0.4, -0.2) is 60.8 Å². The molecule has 9 heteroatoms. The Morgan fingerprint density at radius 1 is 0.771 bits per heavy atom. The van der Waals surface area contributed by atoms with E-state index >= 15 is 8.78 Å². The standard InChI is InChI=1S/C39H36F2N4O3/c40-39(41)20-23-45(35-13-7-6-12-32(35)33(39)24-36(46)43-34-25-44-21-18-27(34)19-22-44)38(48)28-14-16-29(17-15-28)42-37(47)31-11-5-4-10-30(31)26-8-2-1-3-9-26/h1-17,24,27,34H,18-23,25H2,(H,42,47)(H,43,46). The molecule has 244 valence electrons. The van der Waals surface area contributed by atoms with E-state index in [0.717, 1.165) is 49.7 Å². The first kappa shape index (κ1) is 31.4. The molecule has 48 heavy (non-hydrogen) atoms. The second kappa shape index (κ2) is 13.2. The molecule has 0 spiro atoms. The van der Waals surface area contributed by atoms with Gasteiger partial charge in [0.15, 0.2) is 0 Å². The molecule has 4 aromatic rings. The summed E-state index contributed by atoms with van der Waals surface area (Å²) in [5, 5.41) is 5.89. The van der Waals surface area contributed by atoms with Gasteiger partial charge in [0.2, 0.25) is 5.91 Å². The highest BCUT2D eigenvalue weighted by molar-refractivity contribution is 6.11. The SMILES string of the molecule is O=C(C=C1c2ccccc2N(C(=O)c2ccc(NC(=O)c3ccccc3-c3ccccc3)cc2)CCC1(F)F)NC1CN2CCC1CC2.